The zero-order valence-electron chi connectivity index (χ0n) is 13.0. The number of aliphatic carboxylic acids is 1. The Morgan fingerprint density at radius 1 is 1.15 bits per heavy atom. The van der Waals surface area contributed by atoms with E-state index in [0.717, 1.165) is 25.7 Å². The molecular weight excluding hydrogens is 256 g/mol. The number of nitrogens with one attached hydrogen (secondary N) is 1. The molecule has 0 aromatic rings. The summed E-state index contributed by atoms with van der Waals surface area (Å²) in [5.74, 6) is -0.418. The number of carboxylic acid groups (broad SMARTS) is 1. The van der Waals surface area contributed by atoms with Crippen molar-refractivity contribution < 1.29 is 14.7 Å². The molecule has 116 valence electrons. The van der Waals surface area contributed by atoms with Crippen molar-refractivity contribution in [3.05, 3.63) is 0 Å². The third-order valence-electron chi connectivity index (χ3n) is 5.08. The van der Waals surface area contributed by atoms with Gasteiger partial charge in [0.1, 0.15) is 0 Å². The fraction of sp³-hybridized carbons (Fsp3) is 0.867. The van der Waals surface area contributed by atoms with E-state index in [2.05, 4.69) is 5.32 Å². The Balaban J connectivity index is 2.64. The highest BCUT2D eigenvalue weighted by Gasteiger charge is 2.45. The lowest BCUT2D eigenvalue weighted by Gasteiger charge is -2.40. The Morgan fingerprint density at radius 2 is 1.65 bits per heavy atom. The second-order valence-electron chi connectivity index (χ2n) is 7.00. The molecular formula is C15H28N2O3. The number of hydrogen-bond acceptors (Lipinski definition) is 3. The molecule has 1 aliphatic rings. The van der Waals surface area contributed by atoms with Crippen LogP contribution in [0.15, 0.2) is 0 Å². The summed E-state index contributed by atoms with van der Waals surface area (Å²) in [6.07, 6.45) is 3.66. The molecule has 1 saturated carbocycles. The van der Waals surface area contributed by atoms with Crippen molar-refractivity contribution in [3.63, 3.8) is 0 Å². The van der Waals surface area contributed by atoms with E-state index in [0.29, 0.717) is 12.5 Å². The summed E-state index contributed by atoms with van der Waals surface area (Å²) in [5, 5.41) is 12.2. The monoisotopic (exact) mass is 284 g/mol. The van der Waals surface area contributed by atoms with E-state index in [1.807, 2.05) is 0 Å². The van der Waals surface area contributed by atoms with Gasteiger partial charge in [0, 0.05) is 11.5 Å². The molecule has 1 aliphatic carbocycles. The molecule has 5 nitrogen and oxygen atoms in total. The van der Waals surface area contributed by atoms with E-state index in [9.17, 15) is 14.7 Å². The number of carboxylic acids is 1. The molecule has 0 radical (unpaired) electrons. The highest BCUT2D eigenvalue weighted by molar-refractivity contribution is 5.82. The van der Waals surface area contributed by atoms with Crippen LogP contribution in [-0.4, -0.2) is 29.1 Å². The molecule has 0 bridgehead atoms. The minimum absolute atomic E-state index is 0.0123. The van der Waals surface area contributed by atoms with E-state index < -0.39 is 16.9 Å². The standard InChI is InChI=1S/C15H28N2O3/c1-14(2,13(19)20)15(3,4)17-12(18)11-7-5-10(9-16)6-8-11/h10-11H,5-9,16H2,1-4H3,(H,17,18)(H,19,20). The summed E-state index contributed by atoms with van der Waals surface area (Å²) in [4.78, 5) is 23.7. The van der Waals surface area contributed by atoms with Crippen molar-refractivity contribution in [2.45, 2.75) is 58.9 Å². The molecule has 0 saturated heterocycles. The molecule has 0 atom stereocenters. The van der Waals surface area contributed by atoms with E-state index in [1.165, 1.54) is 0 Å². The van der Waals surface area contributed by atoms with Crippen LogP contribution in [0.2, 0.25) is 0 Å². The van der Waals surface area contributed by atoms with E-state index in [1.54, 1.807) is 27.7 Å². The fourth-order valence-corrected chi connectivity index (χ4v) is 2.49. The SMILES string of the molecule is CC(C)(NC(=O)C1CCC(CN)CC1)C(C)(C)C(=O)O. The maximum atomic E-state index is 12.3. The van der Waals surface area contributed by atoms with Crippen LogP contribution in [0.25, 0.3) is 0 Å². The molecule has 20 heavy (non-hydrogen) atoms. The fourth-order valence-electron chi connectivity index (χ4n) is 2.49. The van der Waals surface area contributed by atoms with Gasteiger partial charge in [-0.25, -0.2) is 0 Å². The molecule has 1 rings (SSSR count). The molecule has 0 aliphatic heterocycles. The minimum atomic E-state index is -1.02. The zero-order valence-corrected chi connectivity index (χ0v) is 13.0. The Hall–Kier alpha value is -1.10. The van der Waals surface area contributed by atoms with Crippen LogP contribution in [-0.2, 0) is 9.59 Å². The lowest BCUT2D eigenvalue weighted by atomic mass is 9.73. The molecule has 1 fully saturated rings. The predicted molar refractivity (Wildman–Crippen MR) is 78.1 cm³/mol. The van der Waals surface area contributed by atoms with Crippen molar-refractivity contribution >= 4 is 11.9 Å². The summed E-state index contributed by atoms with van der Waals surface area (Å²) in [5.41, 5.74) is 3.84. The largest absolute Gasteiger partial charge is 0.481 e. The topological polar surface area (TPSA) is 92.4 Å². The van der Waals surface area contributed by atoms with E-state index >= 15 is 0 Å². The molecule has 0 aromatic carbocycles. The van der Waals surface area contributed by atoms with Gasteiger partial charge < -0.3 is 16.2 Å². The molecule has 0 unspecified atom stereocenters. The van der Waals surface area contributed by atoms with Gasteiger partial charge in [-0.15, -0.1) is 0 Å². The lowest BCUT2D eigenvalue weighted by molar-refractivity contribution is -0.152. The van der Waals surface area contributed by atoms with Crippen LogP contribution in [0, 0.1) is 17.3 Å². The van der Waals surface area contributed by atoms with Crippen molar-refractivity contribution in [1.29, 1.82) is 0 Å². The van der Waals surface area contributed by atoms with Crippen molar-refractivity contribution in [2.24, 2.45) is 23.0 Å². The normalized spacial score (nSPS) is 24.2. The van der Waals surface area contributed by atoms with Crippen LogP contribution in [0.4, 0.5) is 0 Å². The number of amides is 1. The van der Waals surface area contributed by atoms with Crippen LogP contribution in [0.3, 0.4) is 0 Å². The second kappa shape index (κ2) is 6.12. The van der Waals surface area contributed by atoms with Crippen molar-refractivity contribution in [2.75, 3.05) is 6.54 Å². The number of nitrogens with two attached hydrogens (primary N) is 1. The first-order valence-corrected chi connectivity index (χ1v) is 7.37. The van der Waals surface area contributed by atoms with Gasteiger partial charge in [-0.1, -0.05) is 0 Å². The van der Waals surface area contributed by atoms with Gasteiger partial charge in [0.05, 0.1) is 5.41 Å². The number of hydrogen-bond donors (Lipinski definition) is 3. The van der Waals surface area contributed by atoms with Crippen LogP contribution < -0.4 is 11.1 Å². The first-order chi connectivity index (χ1) is 9.11. The molecule has 0 heterocycles. The van der Waals surface area contributed by atoms with Crippen LogP contribution in [0.5, 0.6) is 0 Å². The number of carbonyl (C=O) groups is 2. The third-order valence-corrected chi connectivity index (χ3v) is 5.08. The molecule has 0 spiro atoms. The van der Waals surface area contributed by atoms with Gasteiger partial charge in [0.2, 0.25) is 5.91 Å². The summed E-state index contributed by atoms with van der Waals surface area (Å²) in [7, 11) is 0. The summed E-state index contributed by atoms with van der Waals surface area (Å²) >= 11 is 0. The molecule has 5 heteroatoms. The lowest BCUT2D eigenvalue weighted by Crippen LogP contribution is -2.58. The maximum Gasteiger partial charge on any atom is 0.311 e. The van der Waals surface area contributed by atoms with Crippen LogP contribution in [0.1, 0.15) is 53.4 Å². The Morgan fingerprint density at radius 3 is 2.05 bits per heavy atom. The van der Waals surface area contributed by atoms with E-state index in [4.69, 9.17) is 5.73 Å². The van der Waals surface area contributed by atoms with Gasteiger partial charge in [0.15, 0.2) is 0 Å². The quantitative estimate of drug-likeness (QED) is 0.717. The predicted octanol–water partition coefficient (Wildman–Crippen LogP) is 1.76. The van der Waals surface area contributed by atoms with Crippen molar-refractivity contribution in [1.82, 2.24) is 5.32 Å². The average Bonchev–Trinajstić information content (AvgIpc) is 2.37. The molecule has 0 aromatic heterocycles. The van der Waals surface area contributed by atoms with Gasteiger partial charge in [-0.05, 0) is 65.8 Å². The molecule has 1 amide bonds. The van der Waals surface area contributed by atoms with Gasteiger partial charge >= 0.3 is 5.97 Å². The highest BCUT2D eigenvalue weighted by atomic mass is 16.4. The molecule has 4 N–H and O–H groups in total. The first-order valence-electron chi connectivity index (χ1n) is 7.37. The highest BCUT2D eigenvalue weighted by Crippen LogP contribution is 2.33. The van der Waals surface area contributed by atoms with Crippen molar-refractivity contribution in [3.8, 4) is 0 Å². The number of rotatable bonds is 5. The maximum absolute atomic E-state index is 12.3. The van der Waals surface area contributed by atoms with E-state index in [-0.39, 0.29) is 11.8 Å². The Labute approximate surface area is 121 Å². The Bertz CT molecular complexity index is 369. The number of carbonyl (C=O) groups excluding carboxylic acids is 1. The van der Waals surface area contributed by atoms with Gasteiger partial charge in [0.25, 0.3) is 0 Å². The van der Waals surface area contributed by atoms with Crippen LogP contribution >= 0.6 is 0 Å². The third kappa shape index (κ3) is 3.51. The zero-order chi connectivity index (χ0) is 15.6. The van der Waals surface area contributed by atoms with Gasteiger partial charge in [-0.3, -0.25) is 9.59 Å². The van der Waals surface area contributed by atoms with Gasteiger partial charge in [-0.2, -0.15) is 0 Å². The average molecular weight is 284 g/mol. The second-order valence-corrected chi connectivity index (χ2v) is 7.00. The minimum Gasteiger partial charge on any atom is -0.481 e. The smallest absolute Gasteiger partial charge is 0.311 e. The summed E-state index contributed by atoms with van der Waals surface area (Å²) in [6.45, 7) is 7.50. The summed E-state index contributed by atoms with van der Waals surface area (Å²) in [6, 6.07) is 0. The summed E-state index contributed by atoms with van der Waals surface area (Å²) < 4.78 is 0. The Kier molecular flexibility index (Phi) is 5.19. The first kappa shape index (κ1) is 17.0.